The van der Waals surface area contributed by atoms with E-state index in [9.17, 15) is 13.6 Å². The number of rotatable bonds is 4. The number of benzene rings is 1. The largest absolute Gasteiger partial charge is 0.347 e. The molecule has 1 aromatic heterocycles. The molecule has 1 N–H and O–H groups in total. The van der Waals surface area contributed by atoms with E-state index in [-0.39, 0.29) is 6.54 Å². The number of aromatic nitrogens is 2. The van der Waals surface area contributed by atoms with Crippen molar-refractivity contribution in [2.45, 2.75) is 13.5 Å². The van der Waals surface area contributed by atoms with Crippen LogP contribution in [0.3, 0.4) is 0 Å². The highest BCUT2D eigenvalue weighted by Crippen LogP contribution is 2.12. The van der Waals surface area contributed by atoms with Gasteiger partial charge in [0.2, 0.25) is 5.95 Å². The van der Waals surface area contributed by atoms with E-state index in [0.717, 1.165) is 17.8 Å². The predicted octanol–water partition coefficient (Wildman–Crippen LogP) is 2.06. The minimum absolute atomic E-state index is 0.0524. The molecule has 22 heavy (non-hydrogen) atoms. The molecule has 0 saturated carbocycles. The maximum atomic E-state index is 13.5. The molecule has 0 atom stereocenters. The zero-order valence-electron chi connectivity index (χ0n) is 12.5. The van der Waals surface area contributed by atoms with Crippen LogP contribution in [-0.4, -0.2) is 30.0 Å². The molecule has 2 rings (SSSR count). The Morgan fingerprint density at radius 2 is 1.86 bits per heavy atom. The number of anilines is 1. The molecule has 0 bridgehead atoms. The normalized spacial score (nSPS) is 10.4. The minimum atomic E-state index is -0.898. The molecule has 2 aromatic rings. The molecule has 0 spiro atoms. The van der Waals surface area contributed by atoms with E-state index in [1.165, 1.54) is 6.07 Å². The van der Waals surface area contributed by atoms with E-state index in [0.29, 0.717) is 11.6 Å². The zero-order chi connectivity index (χ0) is 16.3. The second kappa shape index (κ2) is 6.46. The Balaban J connectivity index is 2.15. The third-order valence-electron chi connectivity index (χ3n) is 2.92. The Hall–Kier alpha value is -2.57. The molecule has 0 aliphatic carbocycles. The van der Waals surface area contributed by atoms with Crippen LogP contribution in [0.4, 0.5) is 14.7 Å². The first kappa shape index (κ1) is 15.8. The van der Waals surface area contributed by atoms with Crippen molar-refractivity contribution in [3.8, 4) is 0 Å². The van der Waals surface area contributed by atoms with Gasteiger partial charge in [0.1, 0.15) is 17.2 Å². The number of aryl methyl sites for hydroxylation is 1. The maximum Gasteiger partial charge on any atom is 0.257 e. The van der Waals surface area contributed by atoms with Gasteiger partial charge in [0.25, 0.3) is 5.91 Å². The number of hydrogen-bond donors (Lipinski definition) is 1. The van der Waals surface area contributed by atoms with Crippen LogP contribution in [0.2, 0.25) is 0 Å². The zero-order valence-corrected chi connectivity index (χ0v) is 12.5. The highest BCUT2D eigenvalue weighted by Gasteiger charge is 2.17. The molecule has 0 saturated heterocycles. The Morgan fingerprint density at radius 3 is 2.45 bits per heavy atom. The van der Waals surface area contributed by atoms with Crippen LogP contribution < -0.4 is 10.2 Å². The standard InChI is InChI=1S/C15H16F2N4O/c1-9-7-10(20-15(19-9)21(2)3)8-18-14(22)13-11(16)5-4-6-12(13)17/h4-7H,8H2,1-3H3,(H,18,22). The molecule has 0 aliphatic heterocycles. The summed E-state index contributed by atoms with van der Waals surface area (Å²) in [5, 5.41) is 2.46. The summed E-state index contributed by atoms with van der Waals surface area (Å²) in [6, 6.07) is 4.98. The molecule has 5 nitrogen and oxygen atoms in total. The van der Waals surface area contributed by atoms with E-state index in [2.05, 4.69) is 15.3 Å². The van der Waals surface area contributed by atoms with Crippen LogP contribution in [0.5, 0.6) is 0 Å². The van der Waals surface area contributed by atoms with Gasteiger partial charge in [-0.3, -0.25) is 4.79 Å². The fourth-order valence-electron chi connectivity index (χ4n) is 1.88. The summed E-state index contributed by atoms with van der Waals surface area (Å²) in [5.41, 5.74) is 0.697. The number of halogens is 2. The monoisotopic (exact) mass is 306 g/mol. The van der Waals surface area contributed by atoms with Crippen molar-refractivity contribution < 1.29 is 13.6 Å². The number of nitrogens with zero attached hydrogens (tertiary/aromatic N) is 3. The van der Waals surface area contributed by atoms with Crippen LogP contribution in [0, 0.1) is 18.6 Å². The molecule has 0 aliphatic rings. The van der Waals surface area contributed by atoms with Crippen molar-refractivity contribution in [3.63, 3.8) is 0 Å². The maximum absolute atomic E-state index is 13.5. The lowest BCUT2D eigenvalue weighted by Crippen LogP contribution is -2.26. The van der Waals surface area contributed by atoms with Crippen LogP contribution in [0.1, 0.15) is 21.7 Å². The van der Waals surface area contributed by atoms with E-state index < -0.39 is 23.1 Å². The molecule has 0 unspecified atom stereocenters. The topological polar surface area (TPSA) is 58.1 Å². The fraction of sp³-hybridized carbons (Fsp3) is 0.267. The second-order valence-electron chi connectivity index (χ2n) is 4.97. The average Bonchev–Trinajstić information content (AvgIpc) is 2.44. The molecule has 0 radical (unpaired) electrons. The van der Waals surface area contributed by atoms with Gasteiger partial charge in [-0.25, -0.2) is 18.7 Å². The van der Waals surface area contributed by atoms with Crippen LogP contribution >= 0.6 is 0 Å². The second-order valence-corrected chi connectivity index (χ2v) is 4.97. The molecule has 1 amide bonds. The summed E-state index contributed by atoms with van der Waals surface area (Å²) in [5.74, 6) is -2.12. The van der Waals surface area contributed by atoms with Crippen molar-refractivity contribution >= 4 is 11.9 Å². The molecule has 1 heterocycles. The fourth-order valence-corrected chi connectivity index (χ4v) is 1.88. The average molecular weight is 306 g/mol. The first-order chi connectivity index (χ1) is 10.4. The van der Waals surface area contributed by atoms with Crippen molar-refractivity contribution in [2.75, 3.05) is 19.0 Å². The van der Waals surface area contributed by atoms with Gasteiger partial charge in [0.05, 0.1) is 12.2 Å². The number of nitrogens with one attached hydrogen (secondary N) is 1. The molecular weight excluding hydrogens is 290 g/mol. The highest BCUT2D eigenvalue weighted by molar-refractivity contribution is 5.94. The Morgan fingerprint density at radius 1 is 1.23 bits per heavy atom. The summed E-state index contributed by atoms with van der Waals surface area (Å²) >= 11 is 0. The van der Waals surface area contributed by atoms with E-state index in [1.54, 1.807) is 32.0 Å². The number of amides is 1. The highest BCUT2D eigenvalue weighted by atomic mass is 19.1. The van der Waals surface area contributed by atoms with Gasteiger partial charge in [0.15, 0.2) is 0 Å². The van der Waals surface area contributed by atoms with Gasteiger partial charge in [-0.2, -0.15) is 0 Å². The minimum Gasteiger partial charge on any atom is -0.347 e. The van der Waals surface area contributed by atoms with E-state index >= 15 is 0 Å². The van der Waals surface area contributed by atoms with E-state index in [4.69, 9.17) is 0 Å². The van der Waals surface area contributed by atoms with Crippen molar-refractivity contribution in [1.29, 1.82) is 0 Å². The van der Waals surface area contributed by atoms with Gasteiger partial charge in [-0.15, -0.1) is 0 Å². The first-order valence-electron chi connectivity index (χ1n) is 6.62. The van der Waals surface area contributed by atoms with Gasteiger partial charge in [-0.05, 0) is 25.1 Å². The third-order valence-corrected chi connectivity index (χ3v) is 2.92. The van der Waals surface area contributed by atoms with Crippen molar-refractivity contribution in [1.82, 2.24) is 15.3 Å². The third kappa shape index (κ3) is 3.55. The van der Waals surface area contributed by atoms with Gasteiger partial charge in [-0.1, -0.05) is 6.07 Å². The van der Waals surface area contributed by atoms with Crippen LogP contribution in [0.25, 0.3) is 0 Å². The Kier molecular flexibility index (Phi) is 4.65. The van der Waals surface area contributed by atoms with Crippen molar-refractivity contribution in [2.24, 2.45) is 0 Å². The predicted molar refractivity (Wildman–Crippen MR) is 78.6 cm³/mol. The number of hydrogen-bond acceptors (Lipinski definition) is 4. The summed E-state index contributed by atoms with van der Waals surface area (Å²) in [7, 11) is 3.59. The first-order valence-corrected chi connectivity index (χ1v) is 6.62. The summed E-state index contributed by atoms with van der Waals surface area (Å²) in [4.78, 5) is 22.1. The molecule has 7 heteroatoms. The van der Waals surface area contributed by atoms with Gasteiger partial charge >= 0.3 is 0 Å². The molecule has 116 valence electrons. The smallest absolute Gasteiger partial charge is 0.257 e. The molecule has 0 fully saturated rings. The SMILES string of the molecule is Cc1cc(CNC(=O)c2c(F)cccc2F)nc(N(C)C)n1. The van der Waals surface area contributed by atoms with Crippen LogP contribution in [-0.2, 0) is 6.54 Å². The summed E-state index contributed by atoms with van der Waals surface area (Å²) < 4.78 is 27.1. The Labute approximate surface area is 127 Å². The lowest BCUT2D eigenvalue weighted by atomic mass is 10.2. The van der Waals surface area contributed by atoms with E-state index in [1.807, 2.05) is 0 Å². The quantitative estimate of drug-likeness (QED) is 0.939. The van der Waals surface area contributed by atoms with Crippen LogP contribution in [0.15, 0.2) is 24.3 Å². The number of carbonyl (C=O) groups is 1. The lowest BCUT2D eigenvalue weighted by molar-refractivity contribution is 0.0942. The summed E-state index contributed by atoms with van der Waals surface area (Å²) in [6.45, 7) is 1.85. The van der Waals surface area contributed by atoms with Crippen molar-refractivity contribution in [3.05, 3.63) is 52.9 Å². The molecule has 1 aromatic carbocycles. The van der Waals surface area contributed by atoms with Gasteiger partial charge < -0.3 is 10.2 Å². The number of carbonyl (C=O) groups excluding carboxylic acids is 1. The molecular formula is C15H16F2N4O. The Bertz CT molecular complexity index is 684. The van der Waals surface area contributed by atoms with Gasteiger partial charge in [0, 0.05) is 19.8 Å². The lowest BCUT2D eigenvalue weighted by Gasteiger charge is -2.13. The summed E-state index contributed by atoms with van der Waals surface area (Å²) in [6.07, 6.45) is 0.